The number of carbonyl (C=O) groups is 1. The molecule has 2 rings (SSSR count). The highest BCUT2D eigenvalue weighted by molar-refractivity contribution is 6.31. The molecule has 112 valence electrons. The van der Waals surface area contributed by atoms with Crippen molar-refractivity contribution in [2.24, 2.45) is 5.73 Å². The minimum absolute atomic E-state index is 0.0719. The van der Waals surface area contributed by atoms with Crippen LogP contribution in [0.3, 0.4) is 0 Å². The lowest BCUT2D eigenvalue weighted by Gasteiger charge is -2.15. The van der Waals surface area contributed by atoms with Crippen LogP contribution in [0.25, 0.3) is 5.69 Å². The summed E-state index contributed by atoms with van der Waals surface area (Å²) in [7, 11) is 0. The fourth-order valence-corrected chi connectivity index (χ4v) is 1.71. The summed E-state index contributed by atoms with van der Waals surface area (Å²) in [6.45, 7) is -1.73. The number of hydrogen-bond donors (Lipinski definition) is 2. The number of nitrogens with two attached hydrogens (primary N) is 1. The van der Waals surface area contributed by atoms with Gasteiger partial charge in [0.25, 0.3) is 11.8 Å². The zero-order valence-corrected chi connectivity index (χ0v) is 11.4. The second kappa shape index (κ2) is 6.10. The number of nitrogens with one attached hydrogen (secondary N) is 1. The first-order chi connectivity index (χ1) is 9.93. The molecule has 10 heteroatoms. The average molecular weight is 317 g/mol. The lowest BCUT2D eigenvalue weighted by molar-refractivity contribution is 0.0118. The highest BCUT2D eigenvalue weighted by Crippen LogP contribution is 2.19. The van der Waals surface area contributed by atoms with Gasteiger partial charge in [-0.25, -0.2) is 8.78 Å². The maximum atomic E-state index is 13.1. The van der Waals surface area contributed by atoms with Gasteiger partial charge in [0, 0.05) is 5.02 Å². The fraction of sp³-hybridized carbons (Fsp3) is 0.273. The summed E-state index contributed by atoms with van der Waals surface area (Å²) in [6, 6.07) is 4.38. The normalized spacial score (nSPS) is 11.4. The molecule has 0 aliphatic heterocycles. The van der Waals surface area contributed by atoms with Gasteiger partial charge in [0.2, 0.25) is 0 Å². The molecule has 0 atom stereocenters. The van der Waals surface area contributed by atoms with E-state index in [0.29, 0.717) is 5.69 Å². The van der Waals surface area contributed by atoms with Gasteiger partial charge in [0.05, 0.1) is 24.3 Å². The summed E-state index contributed by atoms with van der Waals surface area (Å²) >= 11 is 5.83. The zero-order chi connectivity index (χ0) is 15.5. The van der Waals surface area contributed by atoms with Crippen LogP contribution in [0.5, 0.6) is 0 Å². The SMILES string of the molecule is NCC(F)(F)CNC(=O)c1cc(Cl)ccc1-n1cnnn1. The Bertz CT molecular complexity index is 634. The van der Waals surface area contributed by atoms with Crippen LogP contribution >= 0.6 is 11.6 Å². The largest absolute Gasteiger partial charge is 0.346 e. The lowest BCUT2D eigenvalue weighted by atomic mass is 10.1. The second-order valence-corrected chi connectivity index (χ2v) is 4.60. The second-order valence-electron chi connectivity index (χ2n) is 4.16. The molecular weight excluding hydrogens is 306 g/mol. The Labute approximate surface area is 123 Å². The first-order valence-electron chi connectivity index (χ1n) is 5.82. The van der Waals surface area contributed by atoms with Crippen molar-refractivity contribution in [3.8, 4) is 5.69 Å². The topological polar surface area (TPSA) is 98.7 Å². The molecule has 1 aromatic heterocycles. The monoisotopic (exact) mass is 316 g/mol. The van der Waals surface area contributed by atoms with Crippen LogP contribution in [0, 0.1) is 0 Å². The van der Waals surface area contributed by atoms with Gasteiger partial charge in [-0.3, -0.25) is 4.79 Å². The third kappa shape index (κ3) is 3.70. The van der Waals surface area contributed by atoms with Gasteiger partial charge in [-0.05, 0) is 28.6 Å². The maximum absolute atomic E-state index is 13.1. The number of rotatable bonds is 5. The number of alkyl halides is 2. The minimum atomic E-state index is -3.18. The van der Waals surface area contributed by atoms with Crippen molar-refractivity contribution >= 4 is 17.5 Å². The number of nitrogens with zero attached hydrogens (tertiary/aromatic N) is 4. The first kappa shape index (κ1) is 15.3. The van der Waals surface area contributed by atoms with E-state index in [2.05, 4.69) is 20.8 Å². The van der Waals surface area contributed by atoms with Crippen molar-refractivity contribution in [3.63, 3.8) is 0 Å². The standard InChI is InChI=1S/C11H11ClF2N6O/c12-7-1-2-9(20-6-17-18-19-20)8(3-7)10(21)16-5-11(13,14)4-15/h1-3,6H,4-5,15H2,(H,16,21). The summed E-state index contributed by atoms with van der Waals surface area (Å²) < 4.78 is 27.4. The smallest absolute Gasteiger partial charge is 0.277 e. The van der Waals surface area contributed by atoms with Crippen molar-refractivity contribution in [3.05, 3.63) is 35.1 Å². The number of hydrogen-bond acceptors (Lipinski definition) is 5. The van der Waals surface area contributed by atoms with Gasteiger partial charge in [-0.15, -0.1) is 5.10 Å². The molecule has 1 heterocycles. The van der Waals surface area contributed by atoms with Gasteiger partial charge in [0.1, 0.15) is 6.33 Å². The van der Waals surface area contributed by atoms with Gasteiger partial charge in [-0.1, -0.05) is 11.6 Å². The summed E-state index contributed by atoms with van der Waals surface area (Å²) in [5, 5.41) is 12.9. The molecule has 0 bridgehead atoms. The molecule has 3 N–H and O–H groups in total. The average Bonchev–Trinajstić information content (AvgIpc) is 2.99. The molecule has 0 aliphatic carbocycles. The summed E-state index contributed by atoms with van der Waals surface area (Å²) in [5.74, 6) is -3.90. The number of carbonyl (C=O) groups excluding carboxylic acids is 1. The Morgan fingerprint density at radius 3 is 2.86 bits per heavy atom. The highest BCUT2D eigenvalue weighted by atomic mass is 35.5. The Kier molecular flexibility index (Phi) is 4.43. The number of benzene rings is 1. The van der Waals surface area contributed by atoms with Crippen LogP contribution in [0.15, 0.2) is 24.5 Å². The van der Waals surface area contributed by atoms with E-state index in [9.17, 15) is 13.6 Å². The Morgan fingerprint density at radius 2 is 2.24 bits per heavy atom. The molecule has 0 spiro atoms. The van der Waals surface area contributed by atoms with Crippen LogP contribution < -0.4 is 11.1 Å². The molecule has 0 radical (unpaired) electrons. The Morgan fingerprint density at radius 1 is 1.48 bits per heavy atom. The molecular formula is C11H11ClF2N6O. The number of aromatic nitrogens is 4. The van der Waals surface area contributed by atoms with E-state index in [0.717, 1.165) is 0 Å². The minimum Gasteiger partial charge on any atom is -0.346 e. The molecule has 0 aliphatic rings. The number of amides is 1. The van der Waals surface area contributed by atoms with E-state index >= 15 is 0 Å². The van der Waals surface area contributed by atoms with Crippen LogP contribution in [0.1, 0.15) is 10.4 Å². The van der Waals surface area contributed by atoms with E-state index in [1.807, 2.05) is 0 Å². The van der Waals surface area contributed by atoms with Crippen LogP contribution in [-0.4, -0.2) is 45.1 Å². The Balaban J connectivity index is 2.26. The van der Waals surface area contributed by atoms with Crippen molar-refractivity contribution in [1.82, 2.24) is 25.5 Å². The van der Waals surface area contributed by atoms with Gasteiger partial charge in [0.15, 0.2) is 0 Å². The van der Waals surface area contributed by atoms with Gasteiger partial charge in [-0.2, -0.15) is 4.68 Å². The van der Waals surface area contributed by atoms with Crippen molar-refractivity contribution in [2.45, 2.75) is 5.92 Å². The quantitative estimate of drug-likeness (QED) is 0.843. The first-order valence-corrected chi connectivity index (χ1v) is 6.20. The molecule has 0 fully saturated rings. The van der Waals surface area contributed by atoms with Crippen LogP contribution in [-0.2, 0) is 0 Å². The third-order valence-corrected chi connectivity index (χ3v) is 2.84. The molecule has 0 saturated carbocycles. The van der Waals surface area contributed by atoms with Crippen molar-refractivity contribution in [1.29, 1.82) is 0 Å². The van der Waals surface area contributed by atoms with Gasteiger partial charge >= 0.3 is 0 Å². The highest BCUT2D eigenvalue weighted by Gasteiger charge is 2.28. The van der Waals surface area contributed by atoms with Crippen molar-refractivity contribution < 1.29 is 13.6 Å². The van der Waals surface area contributed by atoms with Crippen LogP contribution in [0.2, 0.25) is 5.02 Å². The summed E-state index contributed by atoms with van der Waals surface area (Å²) in [4.78, 5) is 12.0. The van der Waals surface area contributed by atoms with E-state index < -0.39 is 24.9 Å². The molecule has 2 aromatic rings. The van der Waals surface area contributed by atoms with E-state index in [4.69, 9.17) is 17.3 Å². The lowest BCUT2D eigenvalue weighted by Crippen LogP contribution is -2.41. The summed E-state index contributed by atoms with van der Waals surface area (Å²) in [5.41, 5.74) is 5.30. The maximum Gasteiger partial charge on any atom is 0.277 e. The molecule has 0 saturated heterocycles. The van der Waals surface area contributed by atoms with Crippen LogP contribution in [0.4, 0.5) is 8.78 Å². The number of halogens is 3. The fourth-order valence-electron chi connectivity index (χ4n) is 1.54. The van der Waals surface area contributed by atoms with E-state index in [1.54, 1.807) is 0 Å². The molecule has 7 nitrogen and oxygen atoms in total. The van der Waals surface area contributed by atoms with Gasteiger partial charge < -0.3 is 11.1 Å². The molecule has 1 amide bonds. The van der Waals surface area contributed by atoms with E-state index in [-0.39, 0.29) is 10.6 Å². The zero-order valence-electron chi connectivity index (χ0n) is 10.6. The summed E-state index contributed by atoms with van der Waals surface area (Å²) in [6.07, 6.45) is 1.27. The Hall–Kier alpha value is -2.13. The molecule has 1 aromatic carbocycles. The predicted octanol–water partition coefficient (Wildman–Crippen LogP) is 0.639. The van der Waals surface area contributed by atoms with Crippen molar-refractivity contribution in [2.75, 3.05) is 13.1 Å². The molecule has 21 heavy (non-hydrogen) atoms. The molecule has 0 unspecified atom stereocenters. The number of tetrazole rings is 1. The van der Waals surface area contributed by atoms with E-state index in [1.165, 1.54) is 29.2 Å². The predicted molar refractivity (Wildman–Crippen MR) is 70.5 cm³/mol. The third-order valence-electron chi connectivity index (χ3n) is 2.61.